The molecule has 8 heteroatoms. The second kappa shape index (κ2) is 8.03. The third kappa shape index (κ3) is 4.62. The first-order valence-electron chi connectivity index (χ1n) is 7.83. The van der Waals surface area contributed by atoms with Crippen LogP contribution < -0.4 is 5.32 Å². The molecule has 6 nitrogen and oxygen atoms in total. The number of hydrogen-bond donors (Lipinski definition) is 1. The van der Waals surface area contributed by atoms with Crippen molar-refractivity contribution < 1.29 is 14.0 Å². The third-order valence-electron chi connectivity index (χ3n) is 3.96. The Morgan fingerprint density at radius 3 is 2.60 bits per heavy atom. The van der Waals surface area contributed by atoms with Gasteiger partial charge in [0.2, 0.25) is 5.91 Å². The van der Waals surface area contributed by atoms with Gasteiger partial charge in [-0.25, -0.2) is 0 Å². The number of halogens is 2. The number of hydrogen-bond acceptors (Lipinski definition) is 4. The Bertz CT molecular complexity index is 759. The molecule has 0 radical (unpaired) electrons. The predicted molar refractivity (Wildman–Crippen MR) is 98.8 cm³/mol. The summed E-state index contributed by atoms with van der Waals surface area (Å²) in [6.07, 6.45) is 1.49. The van der Waals surface area contributed by atoms with Crippen molar-refractivity contribution in [3.8, 4) is 0 Å². The van der Waals surface area contributed by atoms with Crippen LogP contribution in [-0.4, -0.2) is 54.3 Å². The van der Waals surface area contributed by atoms with Gasteiger partial charge in [-0.05, 0) is 30.3 Å². The van der Waals surface area contributed by atoms with E-state index in [0.717, 1.165) is 4.47 Å². The molecule has 0 saturated carbocycles. The fraction of sp³-hybridized carbons (Fsp3) is 0.294. The average Bonchev–Trinajstić information content (AvgIpc) is 3.12. The van der Waals surface area contributed by atoms with Gasteiger partial charge in [-0.1, -0.05) is 27.5 Å². The van der Waals surface area contributed by atoms with Crippen LogP contribution in [0, 0.1) is 0 Å². The van der Waals surface area contributed by atoms with Gasteiger partial charge in [0.25, 0.3) is 5.91 Å². The van der Waals surface area contributed by atoms with Crippen molar-refractivity contribution in [1.29, 1.82) is 0 Å². The molecule has 0 atom stereocenters. The number of nitrogens with zero attached hydrogens (tertiary/aromatic N) is 2. The van der Waals surface area contributed by atoms with Gasteiger partial charge in [-0.15, -0.1) is 0 Å². The van der Waals surface area contributed by atoms with E-state index >= 15 is 0 Å². The number of amides is 2. The van der Waals surface area contributed by atoms with E-state index < -0.39 is 0 Å². The fourth-order valence-electron chi connectivity index (χ4n) is 2.65. The molecule has 0 aliphatic carbocycles. The van der Waals surface area contributed by atoms with E-state index in [2.05, 4.69) is 21.2 Å². The van der Waals surface area contributed by atoms with E-state index in [-0.39, 0.29) is 18.4 Å². The average molecular weight is 427 g/mol. The molecule has 0 spiro atoms. The van der Waals surface area contributed by atoms with E-state index in [1.807, 2.05) is 11.0 Å². The molecule has 1 aromatic carbocycles. The van der Waals surface area contributed by atoms with Gasteiger partial charge in [0.15, 0.2) is 5.76 Å². The van der Waals surface area contributed by atoms with Gasteiger partial charge < -0.3 is 14.6 Å². The highest BCUT2D eigenvalue weighted by atomic mass is 79.9. The molecule has 2 amide bonds. The lowest BCUT2D eigenvalue weighted by atomic mass is 10.2. The smallest absolute Gasteiger partial charge is 0.289 e. The minimum atomic E-state index is -0.130. The summed E-state index contributed by atoms with van der Waals surface area (Å²) in [5.74, 6) is 0.0989. The number of furan rings is 1. The molecule has 1 aromatic heterocycles. The molecule has 1 N–H and O–H groups in total. The largest absolute Gasteiger partial charge is 0.459 e. The zero-order chi connectivity index (χ0) is 17.8. The molecule has 1 saturated heterocycles. The molecule has 1 aliphatic heterocycles. The standard InChI is InChI=1S/C17H17BrClN3O3/c18-12-3-4-14(13(19)10-12)20-16(23)11-21-5-7-22(8-6-21)17(24)15-2-1-9-25-15/h1-4,9-10H,5-8,11H2,(H,20,23). The molecule has 25 heavy (non-hydrogen) atoms. The molecule has 1 fully saturated rings. The molecule has 0 unspecified atom stereocenters. The Morgan fingerprint density at radius 2 is 1.96 bits per heavy atom. The number of benzene rings is 1. The Morgan fingerprint density at radius 1 is 1.20 bits per heavy atom. The second-order valence-corrected chi connectivity index (χ2v) is 7.04. The van der Waals surface area contributed by atoms with Crippen LogP contribution in [0.2, 0.25) is 5.02 Å². The van der Waals surface area contributed by atoms with Crippen LogP contribution in [0.5, 0.6) is 0 Å². The molecular formula is C17H17BrClN3O3. The second-order valence-electron chi connectivity index (χ2n) is 5.72. The zero-order valence-corrected chi connectivity index (χ0v) is 15.7. The zero-order valence-electron chi connectivity index (χ0n) is 13.4. The van der Waals surface area contributed by atoms with Crippen molar-refractivity contribution in [3.05, 3.63) is 51.9 Å². The summed E-state index contributed by atoms with van der Waals surface area (Å²) in [4.78, 5) is 28.2. The summed E-state index contributed by atoms with van der Waals surface area (Å²) in [5.41, 5.74) is 0.585. The van der Waals surface area contributed by atoms with Crippen molar-refractivity contribution in [2.75, 3.05) is 38.0 Å². The Hall–Kier alpha value is -1.83. The van der Waals surface area contributed by atoms with E-state index in [0.29, 0.717) is 42.6 Å². The maximum absolute atomic E-state index is 12.2. The maximum Gasteiger partial charge on any atom is 0.289 e. The molecule has 1 aliphatic rings. The Balaban J connectivity index is 1.48. The van der Waals surface area contributed by atoms with Crippen LogP contribution in [0.4, 0.5) is 5.69 Å². The lowest BCUT2D eigenvalue weighted by Gasteiger charge is -2.33. The predicted octanol–water partition coefficient (Wildman–Crippen LogP) is 3.09. The number of rotatable bonds is 4. The molecule has 0 bridgehead atoms. The summed E-state index contributed by atoms with van der Waals surface area (Å²) in [7, 11) is 0. The summed E-state index contributed by atoms with van der Waals surface area (Å²) < 4.78 is 6.00. The number of piperazine rings is 1. The normalized spacial score (nSPS) is 15.2. The molecular weight excluding hydrogens is 410 g/mol. The van der Waals surface area contributed by atoms with E-state index in [1.54, 1.807) is 29.2 Å². The van der Waals surface area contributed by atoms with E-state index in [9.17, 15) is 9.59 Å². The minimum absolute atomic E-state index is 0.115. The van der Waals surface area contributed by atoms with Gasteiger partial charge in [0.05, 0.1) is 23.5 Å². The highest BCUT2D eigenvalue weighted by molar-refractivity contribution is 9.10. The lowest BCUT2D eigenvalue weighted by Crippen LogP contribution is -2.50. The van der Waals surface area contributed by atoms with Crippen LogP contribution in [0.3, 0.4) is 0 Å². The van der Waals surface area contributed by atoms with Crippen molar-refractivity contribution >= 4 is 45.0 Å². The topological polar surface area (TPSA) is 65.8 Å². The van der Waals surface area contributed by atoms with Gasteiger partial charge in [-0.3, -0.25) is 14.5 Å². The highest BCUT2D eigenvalue weighted by Gasteiger charge is 2.24. The summed E-state index contributed by atoms with van der Waals surface area (Å²) in [5, 5.41) is 3.30. The summed E-state index contributed by atoms with van der Waals surface area (Å²) in [6, 6.07) is 8.66. The number of carbonyl (C=O) groups excluding carboxylic acids is 2. The van der Waals surface area contributed by atoms with Crippen molar-refractivity contribution in [3.63, 3.8) is 0 Å². The number of carbonyl (C=O) groups is 2. The molecule has 3 rings (SSSR count). The maximum atomic E-state index is 12.2. The van der Waals surface area contributed by atoms with Crippen LogP contribution >= 0.6 is 27.5 Å². The molecule has 132 valence electrons. The van der Waals surface area contributed by atoms with Gasteiger partial charge in [0.1, 0.15) is 0 Å². The van der Waals surface area contributed by atoms with Crippen molar-refractivity contribution in [1.82, 2.24) is 9.80 Å². The highest BCUT2D eigenvalue weighted by Crippen LogP contribution is 2.25. The summed E-state index contributed by atoms with van der Waals surface area (Å²) >= 11 is 9.44. The number of anilines is 1. The molecule has 2 aromatic rings. The van der Waals surface area contributed by atoms with Crippen molar-refractivity contribution in [2.45, 2.75) is 0 Å². The SMILES string of the molecule is O=C(CN1CCN(C(=O)c2ccco2)CC1)Nc1ccc(Br)cc1Cl. The first kappa shape index (κ1) is 18.0. The number of nitrogens with one attached hydrogen (secondary N) is 1. The van der Waals surface area contributed by atoms with Crippen LogP contribution in [0.25, 0.3) is 0 Å². The van der Waals surface area contributed by atoms with E-state index in [4.69, 9.17) is 16.0 Å². The first-order valence-corrected chi connectivity index (χ1v) is 9.00. The Kier molecular flexibility index (Phi) is 5.78. The minimum Gasteiger partial charge on any atom is -0.459 e. The van der Waals surface area contributed by atoms with E-state index in [1.165, 1.54) is 6.26 Å². The fourth-order valence-corrected chi connectivity index (χ4v) is 3.37. The Labute approximate surface area is 158 Å². The van der Waals surface area contributed by atoms with Gasteiger partial charge >= 0.3 is 0 Å². The lowest BCUT2D eigenvalue weighted by molar-refractivity contribution is -0.117. The van der Waals surface area contributed by atoms with Crippen LogP contribution in [0.1, 0.15) is 10.6 Å². The monoisotopic (exact) mass is 425 g/mol. The quantitative estimate of drug-likeness (QED) is 0.816. The summed E-state index contributed by atoms with van der Waals surface area (Å²) in [6.45, 7) is 2.65. The third-order valence-corrected chi connectivity index (χ3v) is 4.77. The van der Waals surface area contributed by atoms with Crippen LogP contribution in [0.15, 0.2) is 45.5 Å². The molecule has 2 heterocycles. The van der Waals surface area contributed by atoms with Gasteiger partial charge in [0, 0.05) is 30.7 Å². The first-order chi connectivity index (χ1) is 12.0. The van der Waals surface area contributed by atoms with Gasteiger partial charge in [-0.2, -0.15) is 0 Å². The van der Waals surface area contributed by atoms with Crippen molar-refractivity contribution in [2.24, 2.45) is 0 Å². The van der Waals surface area contributed by atoms with Crippen LogP contribution in [-0.2, 0) is 4.79 Å².